The number of carbonyl (C=O) groups is 2. The number of aromatic nitrogens is 1. The number of urea groups is 1. The van der Waals surface area contributed by atoms with Crippen LogP contribution in [0.2, 0.25) is 0 Å². The third-order valence-corrected chi connectivity index (χ3v) is 5.29. The topological polar surface area (TPSA) is 110 Å². The summed E-state index contributed by atoms with van der Waals surface area (Å²) in [5, 5.41) is 15.5. The molecular weight excluding hydrogens is 446 g/mol. The van der Waals surface area contributed by atoms with Gasteiger partial charge in [0.2, 0.25) is 0 Å². The summed E-state index contributed by atoms with van der Waals surface area (Å²) in [6, 6.07) is 15.9. The Morgan fingerprint density at radius 2 is 1.63 bits per heavy atom. The number of nitrogens with one attached hydrogen (secondary N) is 2. The normalized spacial score (nSPS) is 12.0. The number of ether oxygens (including phenoxy) is 1. The minimum absolute atomic E-state index is 0.118. The Kier molecular flexibility index (Phi) is 7.64. The SMILES string of the molecule is Cc1cn(C)c(=O)c(NC(=O)NC(CC(=O)OC(C)(C)C)c2ccc(-c3ccccc3)cc2)c1O. The van der Waals surface area contributed by atoms with E-state index >= 15 is 0 Å². The average Bonchev–Trinajstić information content (AvgIpc) is 2.79. The quantitative estimate of drug-likeness (QED) is 0.447. The molecule has 1 unspecified atom stereocenters. The maximum absolute atomic E-state index is 12.8. The Morgan fingerprint density at radius 1 is 1.03 bits per heavy atom. The first-order valence-corrected chi connectivity index (χ1v) is 11.3. The van der Waals surface area contributed by atoms with Crippen molar-refractivity contribution in [2.75, 3.05) is 5.32 Å². The maximum atomic E-state index is 12.8. The number of pyridine rings is 1. The molecule has 184 valence electrons. The van der Waals surface area contributed by atoms with E-state index < -0.39 is 29.2 Å². The van der Waals surface area contributed by atoms with Gasteiger partial charge in [0.05, 0.1) is 12.5 Å². The number of anilines is 1. The third-order valence-electron chi connectivity index (χ3n) is 5.29. The summed E-state index contributed by atoms with van der Waals surface area (Å²) in [7, 11) is 1.53. The number of amides is 2. The van der Waals surface area contributed by atoms with Gasteiger partial charge in [0.25, 0.3) is 5.56 Å². The summed E-state index contributed by atoms with van der Waals surface area (Å²) >= 11 is 0. The van der Waals surface area contributed by atoms with Crippen LogP contribution >= 0.6 is 0 Å². The van der Waals surface area contributed by atoms with Crippen LogP contribution in [0.4, 0.5) is 10.5 Å². The molecule has 3 N–H and O–H groups in total. The number of aromatic hydroxyl groups is 1. The fraction of sp³-hybridized carbons (Fsp3) is 0.296. The highest BCUT2D eigenvalue weighted by molar-refractivity contribution is 5.91. The zero-order valence-corrected chi connectivity index (χ0v) is 20.6. The number of carbonyl (C=O) groups excluding carboxylic acids is 2. The van der Waals surface area contributed by atoms with Crippen molar-refractivity contribution in [3.05, 3.63) is 82.3 Å². The number of rotatable bonds is 6. The van der Waals surface area contributed by atoms with Gasteiger partial charge < -0.3 is 25.0 Å². The number of aryl methyl sites for hydroxylation is 2. The minimum Gasteiger partial charge on any atom is -0.505 e. The molecule has 3 rings (SSSR count). The number of hydrogen-bond donors (Lipinski definition) is 3. The Labute approximate surface area is 204 Å². The fourth-order valence-electron chi connectivity index (χ4n) is 3.65. The lowest BCUT2D eigenvalue weighted by Gasteiger charge is -2.23. The van der Waals surface area contributed by atoms with Gasteiger partial charge >= 0.3 is 12.0 Å². The van der Waals surface area contributed by atoms with Crippen LogP contribution in [0, 0.1) is 6.92 Å². The lowest BCUT2D eigenvalue weighted by Crippen LogP contribution is -2.37. The molecular formula is C27H31N3O5. The molecule has 0 spiro atoms. The molecule has 0 aliphatic carbocycles. The van der Waals surface area contributed by atoms with Crippen molar-refractivity contribution < 1.29 is 19.4 Å². The van der Waals surface area contributed by atoms with Crippen LogP contribution in [0.15, 0.2) is 65.6 Å². The second-order valence-corrected chi connectivity index (χ2v) is 9.38. The van der Waals surface area contributed by atoms with Gasteiger partial charge in [-0.25, -0.2) is 4.79 Å². The van der Waals surface area contributed by atoms with Crippen LogP contribution in [-0.2, 0) is 16.6 Å². The molecule has 0 saturated heterocycles. The molecule has 0 fully saturated rings. The summed E-state index contributed by atoms with van der Waals surface area (Å²) in [4.78, 5) is 37.9. The van der Waals surface area contributed by atoms with E-state index in [1.807, 2.05) is 54.6 Å². The van der Waals surface area contributed by atoms with E-state index in [-0.39, 0.29) is 17.9 Å². The second-order valence-electron chi connectivity index (χ2n) is 9.38. The Hall–Kier alpha value is -4.07. The summed E-state index contributed by atoms with van der Waals surface area (Å²) in [6.45, 7) is 6.93. The first-order chi connectivity index (χ1) is 16.4. The summed E-state index contributed by atoms with van der Waals surface area (Å²) in [5.74, 6) is -0.789. The van der Waals surface area contributed by atoms with Gasteiger partial charge in [-0.2, -0.15) is 0 Å². The van der Waals surface area contributed by atoms with Crippen molar-refractivity contribution in [3.63, 3.8) is 0 Å². The highest BCUT2D eigenvalue weighted by atomic mass is 16.6. The molecule has 3 aromatic rings. The van der Waals surface area contributed by atoms with Gasteiger partial charge in [-0.05, 0) is 44.4 Å². The molecule has 0 bridgehead atoms. The maximum Gasteiger partial charge on any atom is 0.319 e. The van der Waals surface area contributed by atoms with Crippen molar-refractivity contribution in [1.82, 2.24) is 9.88 Å². The molecule has 8 heteroatoms. The van der Waals surface area contributed by atoms with Crippen LogP contribution in [-0.4, -0.2) is 27.3 Å². The molecule has 0 aliphatic heterocycles. The predicted octanol–water partition coefficient (Wildman–Crippen LogP) is 4.66. The number of nitrogens with zero attached hydrogens (tertiary/aromatic N) is 1. The van der Waals surface area contributed by atoms with Crippen LogP contribution in [0.25, 0.3) is 11.1 Å². The fourth-order valence-corrected chi connectivity index (χ4v) is 3.65. The highest BCUT2D eigenvalue weighted by Crippen LogP contribution is 2.26. The van der Waals surface area contributed by atoms with Crippen molar-refractivity contribution in [3.8, 4) is 16.9 Å². The summed E-state index contributed by atoms with van der Waals surface area (Å²) < 4.78 is 6.72. The largest absolute Gasteiger partial charge is 0.505 e. The third kappa shape index (κ3) is 6.72. The minimum atomic E-state index is -0.733. The van der Waals surface area contributed by atoms with Gasteiger partial charge in [-0.15, -0.1) is 0 Å². The van der Waals surface area contributed by atoms with E-state index in [2.05, 4.69) is 10.6 Å². The molecule has 8 nitrogen and oxygen atoms in total. The van der Waals surface area contributed by atoms with Crippen molar-refractivity contribution in [2.45, 2.75) is 45.8 Å². The van der Waals surface area contributed by atoms with E-state index in [1.165, 1.54) is 17.8 Å². The molecule has 0 saturated carbocycles. The van der Waals surface area contributed by atoms with E-state index in [4.69, 9.17) is 4.74 Å². The van der Waals surface area contributed by atoms with E-state index in [0.29, 0.717) is 11.1 Å². The van der Waals surface area contributed by atoms with E-state index in [9.17, 15) is 19.5 Å². The Balaban J connectivity index is 1.86. The second kappa shape index (κ2) is 10.5. The van der Waals surface area contributed by atoms with Crippen molar-refractivity contribution in [1.29, 1.82) is 0 Å². The number of benzene rings is 2. The van der Waals surface area contributed by atoms with Crippen LogP contribution in [0.3, 0.4) is 0 Å². The summed E-state index contributed by atoms with van der Waals surface area (Å²) in [6.07, 6.45) is 1.35. The smallest absolute Gasteiger partial charge is 0.319 e. The number of hydrogen-bond acceptors (Lipinski definition) is 5. The zero-order valence-electron chi connectivity index (χ0n) is 20.6. The molecule has 1 atom stereocenters. The van der Waals surface area contributed by atoms with Gasteiger partial charge in [-0.3, -0.25) is 9.59 Å². The molecule has 1 aromatic heterocycles. The van der Waals surface area contributed by atoms with Crippen molar-refractivity contribution >= 4 is 17.7 Å². The van der Waals surface area contributed by atoms with Gasteiger partial charge in [0.1, 0.15) is 11.4 Å². The average molecular weight is 478 g/mol. The monoisotopic (exact) mass is 477 g/mol. The molecule has 2 aromatic carbocycles. The van der Waals surface area contributed by atoms with Gasteiger partial charge in [0.15, 0.2) is 5.69 Å². The lowest BCUT2D eigenvalue weighted by atomic mass is 9.99. The molecule has 0 radical (unpaired) electrons. The number of esters is 1. The van der Waals surface area contributed by atoms with Gasteiger partial charge in [-0.1, -0.05) is 54.6 Å². The first-order valence-electron chi connectivity index (χ1n) is 11.3. The molecule has 2 amide bonds. The van der Waals surface area contributed by atoms with Gasteiger partial charge in [0, 0.05) is 18.8 Å². The van der Waals surface area contributed by atoms with Crippen LogP contribution < -0.4 is 16.2 Å². The van der Waals surface area contributed by atoms with E-state index in [1.54, 1.807) is 27.7 Å². The molecule has 35 heavy (non-hydrogen) atoms. The van der Waals surface area contributed by atoms with E-state index in [0.717, 1.165) is 11.1 Å². The standard InChI is InChI=1S/C27H31N3O5/c1-17-16-30(5)25(33)23(24(17)32)29-26(34)28-21(15-22(31)35-27(2,3)4)20-13-11-19(12-14-20)18-9-7-6-8-10-18/h6-14,16,21,32H,15H2,1-5H3,(H2,28,29,34). The summed E-state index contributed by atoms with van der Waals surface area (Å²) in [5.41, 5.74) is 1.68. The van der Waals surface area contributed by atoms with Crippen LogP contribution in [0.1, 0.15) is 44.4 Å². The Morgan fingerprint density at radius 3 is 2.23 bits per heavy atom. The lowest BCUT2D eigenvalue weighted by molar-refractivity contribution is -0.155. The molecule has 1 heterocycles. The van der Waals surface area contributed by atoms with Crippen LogP contribution in [0.5, 0.6) is 5.75 Å². The predicted molar refractivity (Wildman–Crippen MR) is 135 cm³/mol. The Bertz CT molecular complexity index is 1260. The zero-order chi connectivity index (χ0) is 25.8. The van der Waals surface area contributed by atoms with Crippen molar-refractivity contribution in [2.24, 2.45) is 7.05 Å². The first kappa shape index (κ1) is 25.6. The molecule has 0 aliphatic rings. The highest BCUT2D eigenvalue weighted by Gasteiger charge is 2.24.